The second kappa shape index (κ2) is 5.69. The van der Waals surface area contributed by atoms with E-state index < -0.39 is 5.60 Å². The van der Waals surface area contributed by atoms with E-state index in [4.69, 9.17) is 10.5 Å². The number of pyridine rings is 1. The SMILES string of the molecule is CC(C)(C)OC(=O)N1CCCC(c2ccc(N)cn2)C1. The van der Waals surface area contributed by atoms with Crippen LogP contribution in [0.3, 0.4) is 0 Å². The third-order valence-corrected chi connectivity index (χ3v) is 3.30. The zero-order chi connectivity index (χ0) is 14.8. The molecule has 1 aromatic heterocycles. The minimum Gasteiger partial charge on any atom is -0.444 e. The van der Waals surface area contributed by atoms with Crippen molar-refractivity contribution in [3.05, 3.63) is 24.0 Å². The highest BCUT2D eigenvalue weighted by Gasteiger charge is 2.28. The first-order valence-electron chi connectivity index (χ1n) is 7.04. The maximum absolute atomic E-state index is 12.1. The molecule has 20 heavy (non-hydrogen) atoms. The quantitative estimate of drug-likeness (QED) is 0.857. The Kier molecular flexibility index (Phi) is 4.16. The van der Waals surface area contributed by atoms with Crippen molar-refractivity contribution >= 4 is 11.8 Å². The lowest BCUT2D eigenvalue weighted by Crippen LogP contribution is -2.42. The monoisotopic (exact) mass is 277 g/mol. The molecule has 2 N–H and O–H groups in total. The Morgan fingerprint density at radius 2 is 2.20 bits per heavy atom. The molecule has 1 saturated heterocycles. The first kappa shape index (κ1) is 14.6. The van der Waals surface area contributed by atoms with Crippen molar-refractivity contribution in [2.45, 2.75) is 45.1 Å². The number of rotatable bonds is 1. The summed E-state index contributed by atoms with van der Waals surface area (Å²) in [7, 11) is 0. The topological polar surface area (TPSA) is 68.5 Å². The molecule has 0 aromatic carbocycles. The highest BCUT2D eigenvalue weighted by atomic mass is 16.6. The van der Waals surface area contributed by atoms with Gasteiger partial charge in [0.1, 0.15) is 5.60 Å². The number of anilines is 1. The Balaban J connectivity index is 2.01. The zero-order valence-corrected chi connectivity index (χ0v) is 12.4. The predicted molar refractivity (Wildman–Crippen MR) is 78.4 cm³/mol. The van der Waals surface area contributed by atoms with Crippen LogP contribution < -0.4 is 5.73 Å². The van der Waals surface area contributed by atoms with Crippen LogP contribution >= 0.6 is 0 Å². The molecule has 0 radical (unpaired) electrons. The van der Waals surface area contributed by atoms with E-state index in [1.165, 1.54) is 0 Å². The van der Waals surface area contributed by atoms with Gasteiger partial charge in [-0.25, -0.2) is 4.79 Å². The van der Waals surface area contributed by atoms with Gasteiger partial charge in [-0.05, 0) is 45.7 Å². The minimum absolute atomic E-state index is 0.238. The van der Waals surface area contributed by atoms with Crippen molar-refractivity contribution in [3.63, 3.8) is 0 Å². The van der Waals surface area contributed by atoms with Gasteiger partial charge in [-0.15, -0.1) is 0 Å². The number of piperidine rings is 1. The van der Waals surface area contributed by atoms with Gasteiger partial charge in [0.2, 0.25) is 0 Å². The molecule has 0 spiro atoms. The Morgan fingerprint density at radius 3 is 2.80 bits per heavy atom. The van der Waals surface area contributed by atoms with Crippen LogP contribution in [0.1, 0.15) is 45.2 Å². The van der Waals surface area contributed by atoms with Gasteiger partial charge in [0, 0.05) is 24.7 Å². The molecule has 5 heteroatoms. The van der Waals surface area contributed by atoms with Crippen molar-refractivity contribution in [1.82, 2.24) is 9.88 Å². The van der Waals surface area contributed by atoms with Gasteiger partial charge in [-0.1, -0.05) is 0 Å². The molecule has 1 unspecified atom stereocenters. The normalized spacial score (nSPS) is 19.8. The molecule has 0 saturated carbocycles. The highest BCUT2D eigenvalue weighted by Crippen LogP contribution is 2.26. The van der Waals surface area contributed by atoms with E-state index in [0.717, 1.165) is 25.1 Å². The van der Waals surface area contributed by atoms with Crippen LogP contribution in [0.4, 0.5) is 10.5 Å². The Hall–Kier alpha value is -1.78. The smallest absolute Gasteiger partial charge is 0.410 e. The minimum atomic E-state index is -0.455. The van der Waals surface area contributed by atoms with Crippen LogP contribution in [0.2, 0.25) is 0 Å². The first-order valence-corrected chi connectivity index (χ1v) is 7.04. The Morgan fingerprint density at radius 1 is 1.45 bits per heavy atom. The molecule has 1 fully saturated rings. The van der Waals surface area contributed by atoms with E-state index in [9.17, 15) is 4.79 Å². The third-order valence-electron chi connectivity index (χ3n) is 3.30. The Bertz CT molecular complexity index is 465. The summed E-state index contributed by atoms with van der Waals surface area (Å²) in [6.45, 7) is 7.06. The number of nitrogens with zero attached hydrogens (tertiary/aromatic N) is 2. The standard InChI is InChI=1S/C15H23N3O2/c1-15(2,3)20-14(19)18-8-4-5-11(10-18)13-7-6-12(16)9-17-13/h6-7,9,11H,4-5,8,10,16H2,1-3H3. The summed E-state index contributed by atoms with van der Waals surface area (Å²) in [6.07, 6.45) is 3.44. The number of amides is 1. The second-order valence-electron chi connectivity index (χ2n) is 6.28. The molecule has 1 atom stereocenters. The first-order chi connectivity index (χ1) is 9.35. The molecule has 110 valence electrons. The van der Waals surface area contributed by atoms with Crippen molar-refractivity contribution in [2.24, 2.45) is 0 Å². The van der Waals surface area contributed by atoms with Gasteiger partial charge in [-0.3, -0.25) is 4.98 Å². The van der Waals surface area contributed by atoms with E-state index >= 15 is 0 Å². The van der Waals surface area contributed by atoms with E-state index in [1.807, 2.05) is 32.9 Å². The zero-order valence-electron chi connectivity index (χ0n) is 12.4. The van der Waals surface area contributed by atoms with Gasteiger partial charge >= 0.3 is 6.09 Å². The van der Waals surface area contributed by atoms with Crippen LogP contribution in [0.25, 0.3) is 0 Å². The van der Waals surface area contributed by atoms with Crippen molar-refractivity contribution < 1.29 is 9.53 Å². The average molecular weight is 277 g/mol. The number of likely N-dealkylation sites (tertiary alicyclic amines) is 1. The van der Waals surface area contributed by atoms with Gasteiger partial charge < -0.3 is 15.4 Å². The molecule has 2 heterocycles. The summed E-state index contributed by atoms with van der Waals surface area (Å²) in [4.78, 5) is 18.2. The number of ether oxygens (including phenoxy) is 1. The lowest BCUT2D eigenvalue weighted by atomic mass is 9.94. The number of hydrogen-bond acceptors (Lipinski definition) is 4. The van der Waals surface area contributed by atoms with Crippen LogP contribution in [0.5, 0.6) is 0 Å². The van der Waals surface area contributed by atoms with Crippen molar-refractivity contribution in [3.8, 4) is 0 Å². The third kappa shape index (κ3) is 3.85. The summed E-state index contributed by atoms with van der Waals surface area (Å²) < 4.78 is 5.43. The van der Waals surface area contributed by atoms with E-state index in [-0.39, 0.29) is 12.0 Å². The van der Waals surface area contributed by atoms with Crippen LogP contribution in [0, 0.1) is 0 Å². The van der Waals surface area contributed by atoms with E-state index in [2.05, 4.69) is 4.98 Å². The average Bonchev–Trinajstić information content (AvgIpc) is 2.38. The number of carbonyl (C=O) groups excluding carboxylic acids is 1. The summed E-state index contributed by atoms with van der Waals surface area (Å²) in [6, 6.07) is 3.80. The number of hydrogen-bond donors (Lipinski definition) is 1. The molecule has 5 nitrogen and oxygen atoms in total. The number of nitrogens with two attached hydrogens (primary N) is 1. The fraction of sp³-hybridized carbons (Fsp3) is 0.600. The predicted octanol–water partition coefficient (Wildman–Crippen LogP) is 2.78. The molecular formula is C15H23N3O2. The van der Waals surface area contributed by atoms with E-state index in [1.54, 1.807) is 11.1 Å². The largest absolute Gasteiger partial charge is 0.444 e. The lowest BCUT2D eigenvalue weighted by Gasteiger charge is -2.33. The molecule has 1 aliphatic rings. The van der Waals surface area contributed by atoms with Crippen molar-refractivity contribution in [2.75, 3.05) is 18.8 Å². The summed E-state index contributed by atoms with van der Waals surface area (Å²) in [5, 5.41) is 0. The Labute approximate surface area is 120 Å². The van der Waals surface area contributed by atoms with E-state index in [0.29, 0.717) is 12.2 Å². The maximum atomic E-state index is 12.1. The number of carbonyl (C=O) groups is 1. The van der Waals surface area contributed by atoms with Gasteiger partial charge in [-0.2, -0.15) is 0 Å². The fourth-order valence-corrected chi connectivity index (χ4v) is 2.37. The fourth-order valence-electron chi connectivity index (χ4n) is 2.37. The molecule has 1 aromatic rings. The summed E-state index contributed by atoms with van der Waals surface area (Å²) >= 11 is 0. The van der Waals surface area contributed by atoms with Gasteiger partial charge in [0.25, 0.3) is 0 Å². The second-order valence-corrected chi connectivity index (χ2v) is 6.28. The summed E-state index contributed by atoms with van der Waals surface area (Å²) in [5.41, 5.74) is 6.85. The summed E-state index contributed by atoms with van der Waals surface area (Å²) in [5.74, 6) is 0.261. The molecule has 1 aliphatic heterocycles. The van der Waals surface area contributed by atoms with Crippen LogP contribution in [0.15, 0.2) is 18.3 Å². The van der Waals surface area contributed by atoms with Gasteiger partial charge in [0.05, 0.1) is 11.9 Å². The van der Waals surface area contributed by atoms with Crippen LogP contribution in [-0.2, 0) is 4.74 Å². The number of aromatic nitrogens is 1. The molecular weight excluding hydrogens is 254 g/mol. The molecule has 1 amide bonds. The number of nitrogen functional groups attached to an aromatic ring is 1. The van der Waals surface area contributed by atoms with Crippen molar-refractivity contribution in [1.29, 1.82) is 0 Å². The molecule has 2 rings (SSSR count). The molecule has 0 bridgehead atoms. The van der Waals surface area contributed by atoms with Crippen LogP contribution in [-0.4, -0.2) is 34.7 Å². The molecule has 0 aliphatic carbocycles. The van der Waals surface area contributed by atoms with Gasteiger partial charge in [0.15, 0.2) is 0 Å². The maximum Gasteiger partial charge on any atom is 0.410 e. The highest BCUT2D eigenvalue weighted by molar-refractivity contribution is 5.68. The lowest BCUT2D eigenvalue weighted by molar-refractivity contribution is 0.0197.